The summed E-state index contributed by atoms with van der Waals surface area (Å²) in [4.78, 5) is 11.4. The van der Waals surface area contributed by atoms with Gasteiger partial charge in [-0.1, -0.05) is 35.0 Å². The fraction of sp³-hybridized carbons (Fsp3) is 0.364. The summed E-state index contributed by atoms with van der Waals surface area (Å²) < 4.78 is 5.13. The molecule has 0 spiro atoms. The topological polar surface area (TPSA) is 38.3 Å². The van der Waals surface area contributed by atoms with Crippen LogP contribution < -0.4 is 10.1 Å². The standard InChI is InChI=1S/C11H14BrNO2/c1-3-8(12)11(14)13-9-6-4-5-7-10(9)15-2/h4-8H,3H2,1-2H3,(H,13,14)/t8-/m0/s1. The highest BCUT2D eigenvalue weighted by Crippen LogP contribution is 2.23. The van der Waals surface area contributed by atoms with Crippen LogP contribution in [0.25, 0.3) is 0 Å². The highest BCUT2D eigenvalue weighted by Gasteiger charge is 2.13. The van der Waals surface area contributed by atoms with Crippen LogP contribution in [0.1, 0.15) is 13.3 Å². The summed E-state index contributed by atoms with van der Waals surface area (Å²) in [6, 6.07) is 7.34. The van der Waals surface area contributed by atoms with Gasteiger partial charge in [-0.15, -0.1) is 0 Å². The van der Waals surface area contributed by atoms with Crippen LogP contribution in [0.2, 0.25) is 0 Å². The summed E-state index contributed by atoms with van der Waals surface area (Å²) in [6.07, 6.45) is 0.751. The number of rotatable bonds is 4. The first-order valence-corrected chi connectivity index (χ1v) is 5.68. The minimum atomic E-state index is -0.164. The Morgan fingerprint density at radius 3 is 2.80 bits per heavy atom. The van der Waals surface area contributed by atoms with Gasteiger partial charge in [0.15, 0.2) is 0 Å². The van der Waals surface area contributed by atoms with Crippen LogP contribution in [0.4, 0.5) is 5.69 Å². The van der Waals surface area contributed by atoms with E-state index < -0.39 is 0 Å². The molecule has 15 heavy (non-hydrogen) atoms. The largest absolute Gasteiger partial charge is 0.495 e. The number of halogens is 1. The molecular formula is C11H14BrNO2. The Kier molecular flexibility index (Phi) is 4.62. The fourth-order valence-corrected chi connectivity index (χ4v) is 1.26. The van der Waals surface area contributed by atoms with E-state index in [0.29, 0.717) is 11.4 Å². The molecule has 1 amide bonds. The number of amides is 1. The van der Waals surface area contributed by atoms with E-state index in [0.717, 1.165) is 6.42 Å². The van der Waals surface area contributed by atoms with Gasteiger partial charge in [-0.05, 0) is 18.6 Å². The van der Waals surface area contributed by atoms with Crippen molar-refractivity contribution < 1.29 is 9.53 Å². The summed E-state index contributed by atoms with van der Waals surface area (Å²) in [5.41, 5.74) is 0.697. The second-order valence-electron chi connectivity index (χ2n) is 3.07. The van der Waals surface area contributed by atoms with E-state index in [2.05, 4.69) is 21.2 Å². The lowest BCUT2D eigenvalue weighted by molar-refractivity contribution is -0.115. The molecule has 82 valence electrons. The van der Waals surface area contributed by atoms with E-state index in [9.17, 15) is 4.79 Å². The van der Waals surface area contributed by atoms with Crippen molar-refractivity contribution in [2.45, 2.75) is 18.2 Å². The molecule has 1 aromatic carbocycles. The molecule has 4 heteroatoms. The number of benzene rings is 1. The monoisotopic (exact) mass is 271 g/mol. The van der Waals surface area contributed by atoms with Gasteiger partial charge >= 0.3 is 0 Å². The molecule has 3 nitrogen and oxygen atoms in total. The van der Waals surface area contributed by atoms with E-state index >= 15 is 0 Å². The Hall–Kier alpha value is -1.03. The summed E-state index contributed by atoms with van der Waals surface area (Å²) >= 11 is 3.29. The van der Waals surface area contributed by atoms with Gasteiger partial charge in [0.2, 0.25) is 5.91 Å². The molecule has 0 aromatic heterocycles. The molecule has 0 radical (unpaired) electrons. The van der Waals surface area contributed by atoms with E-state index in [1.807, 2.05) is 31.2 Å². The minimum absolute atomic E-state index is 0.0537. The zero-order valence-corrected chi connectivity index (χ0v) is 10.4. The lowest BCUT2D eigenvalue weighted by Crippen LogP contribution is -2.22. The Morgan fingerprint density at radius 1 is 1.53 bits per heavy atom. The molecule has 0 bridgehead atoms. The summed E-state index contributed by atoms with van der Waals surface area (Å²) in [5, 5.41) is 2.80. The predicted octanol–water partition coefficient (Wildman–Crippen LogP) is 2.81. The van der Waals surface area contributed by atoms with Gasteiger partial charge in [0.25, 0.3) is 0 Å². The third kappa shape index (κ3) is 3.23. The molecule has 0 heterocycles. The van der Waals surface area contributed by atoms with Crippen molar-refractivity contribution in [3.63, 3.8) is 0 Å². The van der Waals surface area contributed by atoms with Crippen LogP contribution in [-0.4, -0.2) is 17.8 Å². The van der Waals surface area contributed by atoms with Gasteiger partial charge in [-0.25, -0.2) is 0 Å². The molecule has 0 aliphatic heterocycles. The third-order valence-corrected chi connectivity index (χ3v) is 3.07. The Balaban J connectivity index is 2.76. The van der Waals surface area contributed by atoms with Gasteiger partial charge in [-0.2, -0.15) is 0 Å². The van der Waals surface area contributed by atoms with Gasteiger partial charge in [0.1, 0.15) is 5.75 Å². The second-order valence-corrected chi connectivity index (χ2v) is 4.17. The van der Waals surface area contributed by atoms with E-state index in [1.54, 1.807) is 7.11 Å². The number of carbonyl (C=O) groups is 1. The number of carbonyl (C=O) groups excluding carboxylic acids is 1. The number of para-hydroxylation sites is 2. The molecule has 1 N–H and O–H groups in total. The lowest BCUT2D eigenvalue weighted by Gasteiger charge is -2.11. The predicted molar refractivity (Wildman–Crippen MR) is 64.6 cm³/mol. The number of methoxy groups -OCH3 is 1. The van der Waals surface area contributed by atoms with E-state index in [1.165, 1.54) is 0 Å². The highest BCUT2D eigenvalue weighted by atomic mass is 79.9. The third-order valence-electron chi connectivity index (χ3n) is 2.01. The van der Waals surface area contributed by atoms with Crippen molar-refractivity contribution in [3.05, 3.63) is 24.3 Å². The summed E-state index contributed by atoms with van der Waals surface area (Å²) in [7, 11) is 1.58. The molecule has 0 aliphatic carbocycles. The Bertz CT molecular complexity index is 341. The van der Waals surface area contributed by atoms with Gasteiger partial charge in [0.05, 0.1) is 17.6 Å². The van der Waals surface area contributed by atoms with Crippen molar-refractivity contribution in [2.75, 3.05) is 12.4 Å². The van der Waals surface area contributed by atoms with Crippen molar-refractivity contribution in [2.24, 2.45) is 0 Å². The fourth-order valence-electron chi connectivity index (χ4n) is 1.14. The molecule has 0 aliphatic rings. The number of hydrogen-bond donors (Lipinski definition) is 1. The van der Waals surface area contributed by atoms with E-state index in [-0.39, 0.29) is 10.7 Å². The lowest BCUT2D eigenvalue weighted by atomic mass is 10.2. The zero-order valence-electron chi connectivity index (χ0n) is 8.79. The molecular weight excluding hydrogens is 258 g/mol. The molecule has 1 aromatic rings. The van der Waals surface area contributed by atoms with E-state index in [4.69, 9.17) is 4.74 Å². The average Bonchev–Trinajstić information content (AvgIpc) is 2.28. The van der Waals surface area contributed by atoms with Crippen LogP contribution in [-0.2, 0) is 4.79 Å². The quantitative estimate of drug-likeness (QED) is 0.856. The molecule has 0 saturated carbocycles. The minimum Gasteiger partial charge on any atom is -0.495 e. The zero-order chi connectivity index (χ0) is 11.3. The smallest absolute Gasteiger partial charge is 0.238 e. The first-order valence-electron chi connectivity index (χ1n) is 4.77. The SMILES string of the molecule is CC[C@H](Br)C(=O)Nc1ccccc1OC. The Morgan fingerprint density at radius 2 is 2.20 bits per heavy atom. The Labute approximate surface area is 97.9 Å². The summed E-state index contributed by atoms with van der Waals surface area (Å²) in [6.45, 7) is 1.95. The number of ether oxygens (including phenoxy) is 1. The first kappa shape index (κ1) is 12.0. The number of nitrogens with one attached hydrogen (secondary N) is 1. The van der Waals surface area contributed by atoms with Crippen molar-refractivity contribution >= 4 is 27.5 Å². The van der Waals surface area contributed by atoms with Crippen molar-refractivity contribution in [1.29, 1.82) is 0 Å². The molecule has 0 saturated heterocycles. The van der Waals surface area contributed by atoms with Crippen LogP contribution >= 0.6 is 15.9 Å². The van der Waals surface area contributed by atoms with Crippen LogP contribution in [0, 0.1) is 0 Å². The van der Waals surface area contributed by atoms with Crippen LogP contribution in [0.3, 0.4) is 0 Å². The van der Waals surface area contributed by atoms with Crippen LogP contribution in [0.15, 0.2) is 24.3 Å². The maximum absolute atomic E-state index is 11.6. The normalized spacial score (nSPS) is 11.9. The molecule has 0 unspecified atom stereocenters. The molecule has 1 atom stereocenters. The maximum Gasteiger partial charge on any atom is 0.238 e. The van der Waals surface area contributed by atoms with Crippen LogP contribution in [0.5, 0.6) is 5.75 Å². The summed E-state index contributed by atoms with van der Waals surface area (Å²) in [5.74, 6) is 0.614. The van der Waals surface area contributed by atoms with Gasteiger partial charge in [0, 0.05) is 0 Å². The number of anilines is 1. The second kappa shape index (κ2) is 5.75. The molecule has 1 rings (SSSR count). The number of alkyl halides is 1. The maximum atomic E-state index is 11.6. The van der Waals surface area contributed by atoms with Gasteiger partial charge < -0.3 is 10.1 Å². The van der Waals surface area contributed by atoms with Gasteiger partial charge in [-0.3, -0.25) is 4.79 Å². The van der Waals surface area contributed by atoms with Crippen molar-refractivity contribution in [3.8, 4) is 5.75 Å². The number of hydrogen-bond acceptors (Lipinski definition) is 2. The van der Waals surface area contributed by atoms with Crippen molar-refractivity contribution in [1.82, 2.24) is 0 Å². The molecule has 0 fully saturated rings. The highest BCUT2D eigenvalue weighted by molar-refractivity contribution is 9.10. The average molecular weight is 272 g/mol. The first-order chi connectivity index (χ1) is 7.19.